The Bertz CT molecular complexity index is 533. The van der Waals surface area contributed by atoms with Crippen LogP contribution in [0.15, 0.2) is 23.8 Å². The standard InChI is InChI=1S/C10H5N3O3/c11-5-7(6-12)4-8-2-1-3-9(10(8)14)13(15)16/h1-4,14H. The molecule has 1 N–H and O–H groups in total. The SMILES string of the molecule is N#CC(C#N)=Cc1cccc([N+](=O)[O-])c1O. The average Bonchev–Trinajstić information content (AvgIpc) is 2.27. The van der Waals surface area contributed by atoms with Crippen LogP contribution in [0.1, 0.15) is 5.56 Å². The first-order valence-corrected chi connectivity index (χ1v) is 4.08. The Morgan fingerprint density at radius 3 is 2.56 bits per heavy atom. The molecule has 0 unspecified atom stereocenters. The number of para-hydroxylation sites is 1. The summed E-state index contributed by atoms with van der Waals surface area (Å²) in [6.07, 6.45) is 1.09. The summed E-state index contributed by atoms with van der Waals surface area (Å²) in [6, 6.07) is 7.05. The van der Waals surface area contributed by atoms with Gasteiger partial charge in [-0.1, -0.05) is 12.1 Å². The van der Waals surface area contributed by atoms with E-state index in [4.69, 9.17) is 10.5 Å². The lowest BCUT2D eigenvalue weighted by atomic mass is 10.1. The second kappa shape index (κ2) is 4.58. The minimum absolute atomic E-state index is 0.0623. The molecule has 1 aromatic rings. The van der Waals surface area contributed by atoms with Gasteiger partial charge < -0.3 is 5.11 Å². The van der Waals surface area contributed by atoms with E-state index in [1.54, 1.807) is 12.1 Å². The summed E-state index contributed by atoms with van der Waals surface area (Å²) in [5.74, 6) is -0.560. The molecule has 0 saturated carbocycles. The number of aromatic hydroxyl groups is 1. The molecule has 0 aromatic heterocycles. The van der Waals surface area contributed by atoms with E-state index in [9.17, 15) is 15.2 Å². The van der Waals surface area contributed by atoms with E-state index >= 15 is 0 Å². The number of hydrogen-bond acceptors (Lipinski definition) is 5. The molecule has 0 fully saturated rings. The summed E-state index contributed by atoms with van der Waals surface area (Å²) < 4.78 is 0. The third-order valence-corrected chi connectivity index (χ3v) is 1.78. The molecular formula is C10H5N3O3. The van der Waals surface area contributed by atoms with Crippen molar-refractivity contribution in [3.05, 3.63) is 39.4 Å². The Kier molecular flexibility index (Phi) is 3.21. The van der Waals surface area contributed by atoms with Crippen molar-refractivity contribution in [3.63, 3.8) is 0 Å². The van der Waals surface area contributed by atoms with Crippen LogP contribution < -0.4 is 0 Å². The van der Waals surface area contributed by atoms with Crippen LogP contribution in [0.4, 0.5) is 5.69 Å². The van der Waals surface area contributed by atoms with E-state index in [0.717, 1.165) is 12.1 Å². The summed E-state index contributed by atoms with van der Waals surface area (Å²) in [5, 5.41) is 37.0. The highest BCUT2D eigenvalue weighted by Gasteiger charge is 2.15. The van der Waals surface area contributed by atoms with Gasteiger partial charge in [0.1, 0.15) is 17.7 Å². The lowest BCUT2D eigenvalue weighted by Crippen LogP contribution is -1.89. The summed E-state index contributed by atoms with van der Waals surface area (Å²) >= 11 is 0. The predicted octanol–water partition coefficient (Wildman–Crippen LogP) is 1.73. The third kappa shape index (κ3) is 2.14. The van der Waals surface area contributed by atoms with Crippen LogP contribution in [0.25, 0.3) is 6.08 Å². The van der Waals surface area contributed by atoms with Crippen molar-refractivity contribution in [2.75, 3.05) is 0 Å². The Morgan fingerprint density at radius 2 is 2.06 bits per heavy atom. The molecule has 0 aliphatic heterocycles. The van der Waals surface area contributed by atoms with Crippen LogP contribution in [-0.4, -0.2) is 10.0 Å². The van der Waals surface area contributed by atoms with E-state index in [2.05, 4.69) is 0 Å². The number of nitriles is 2. The third-order valence-electron chi connectivity index (χ3n) is 1.78. The second-order valence-electron chi connectivity index (χ2n) is 2.75. The number of nitrogens with zero attached hydrogens (tertiary/aromatic N) is 3. The van der Waals surface area contributed by atoms with E-state index in [1.807, 2.05) is 0 Å². The molecule has 0 heterocycles. The van der Waals surface area contributed by atoms with Crippen LogP contribution in [0.5, 0.6) is 5.75 Å². The van der Waals surface area contributed by atoms with E-state index in [-0.39, 0.29) is 11.1 Å². The van der Waals surface area contributed by atoms with Crippen LogP contribution in [0.2, 0.25) is 0 Å². The Balaban J connectivity index is 3.34. The second-order valence-corrected chi connectivity index (χ2v) is 2.75. The van der Waals surface area contributed by atoms with Crippen molar-refractivity contribution in [2.45, 2.75) is 0 Å². The maximum atomic E-state index is 10.5. The zero-order valence-corrected chi connectivity index (χ0v) is 7.91. The Labute approximate surface area is 90.4 Å². The van der Waals surface area contributed by atoms with Gasteiger partial charge in [0.05, 0.1) is 4.92 Å². The monoisotopic (exact) mass is 215 g/mol. The summed E-state index contributed by atoms with van der Waals surface area (Å²) in [6.45, 7) is 0. The van der Waals surface area contributed by atoms with Gasteiger partial charge in [0.25, 0.3) is 0 Å². The first kappa shape index (κ1) is 11.2. The first-order chi connectivity index (χ1) is 7.60. The van der Waals surface area contributed by atoms with Gasteiger partial charge >= 0.3 is 5.69 Å². The fourth-order valence-electron chi connectivity index (χ4n) is 1.06. The van der Waals surface area contributed by atoms with Crippen molar-refractivity contribution < 1.29 is 10.0 Å². The maximum Gasteiger partial charge on any atom is 0.311 e. The Morgan fingerprint density at radius 1 is 1.44 bits per heavy atom. The highest BCUT2D eigenvalue weighted by Crippen LogP contribution is 2.30. The van der Waals surface area contributed by atoms with Gasteiger partial charge in [-0.2, -0.15) is 10.5 Å². The molecule has 6 heteroatoms. The number of phenols is 1. The fourth-order valence-corrected chi connectivity index (χ4v) is 1.06. The molecule has 0 atom stereocenters. The van der Waals surface area contributed by atoms with E-state index < -0.39 is 16.4 Å². The van der Waals surface area contributed by atoms with Gasteiger partial charge in [-0.25, -0.2) is 0 Å². The van der Waals surface area contributed by atoms with E-state index in [1.165, 1.54) is 12.1 Å². The number of nitro groups is 1. The zero-order valence-electron chi connectivity index (χ0n) is 7.91. The van der Waals surface area contributed by atoms with Gasteiger partial charge in [0, 0.05) is 11.6 Å². The molecule has 0 saturated heterocycles. The normalized spacial score (nSPS) is 8.62. The number of benzene rings is 1. The number of hydrogen-bond donors (Lipinski definition) is 1. The fraction of sp³-hybridized carbons (Fsp3) is 0. The molecule has 1 rings (SSSR count). The largest absolute Gasteiger partial charge is 0.502 e. The molecule has 0 bridgehead atoms. The molecule has 0 aliphatic carbocycles. The van der Waals surface area contributed by atoms with E-state index in [0.29, 0.717) is 0 Å². The van der Waals surface area contributed by atoms with Gasteiger partial charge in [0.2, 0.25) is 5.75 Å². The molecule has 16 heavy (non-hydrogen) atoms. The van der Waals surface area contributed by atoms with Crippen molar-refractivity contribution in [1.29, 1.82) is 10.5 Å². The molecule has 0 radical (unpaired) electrons. The molecular weight excluding hydrogens is 210 g/mol. The Hall–Kier alpha value is -2.86. The minimum Gasteiger partial charge on any atom is -0.502 e. The smallest absolute Gasteiger partial charge is 0.311 e. The van der Waals surface area contributed by atoms with Crippen LogP contribution in [0, 0.1) is 32.8 Å². The maximum absolute atomic E-state index is 10.5. The summed E-state index contributed by atoms with van der Waals surface area (Å²) in [5.41, 5.74) is -0.646. The lowest BCUT2D eigenvalue weighted by molar-refractivity contribution is -0.385. The van der Waals surface area contributed by atoms with Gasteiger partial charge in [0.15, 0.2) is 0 Å². The van der Waals surface area contributed by atoms with Crippen LogP contribution in [-0.2, 0) is 0 Å². The number of nitro benzene ring substituents is 1. The van der Waals surface area contributed by atoms with Crippen molar-refractivity contribution in [3.8, 4) is 17.9 Å². The molecule has 0 amide bonds. The summed E-state index contributed by atoms with van der Waals surface area (Å²) in [4.78, 5) is 9.75. The minimum atomic E-state index is -0.745. The number of rotatable bonds is 2. The highest BCUT2D eigenvalue weighted by molar-refractivity contribution is 5.69. The molecule has 0 aliphatic rings. The average molecular weight is 215 g/mol. The zero-order chi connectivity index (χ0) is 12.1. The van der Waals surface area contributed by atoms with Crippen LogP contribution >= 0.6 is 0 Å². The van der Waals surface area contributed by atoms with Crippen molar-refractivity contribution >= 4 is 11.8 Å². The number of allylic oxidation sites excluding steroid dienone is 1. The summed E-state index contributed by atoms with van der Waals surface area (Å²) in [7, 11) is 0. The van der Waals surface area contributed by atoms with Gasteiger partial charge in [-0.3, -0.25) is 10.1 Å². The molecule has 6 nitrogen and oxygen atoms in total. The molecule has 78 valence electrons. The lowest BCUT2D eigenvalue weighted by Gasteiger charge is -1.99. The first-order valence-electron chi connectivity index (χ1n) is 4.08. The number of phenolic OH excluding ortho intramolecular Hbond substituents is 1. The predicted molar refractivity (Wildman–Crippen MR) is 54.0 cm³/mol. The molecule has 1 aromatic carbocycles. The van der Waals surface area contributed by atoms with Gasteiger partial charge in [-0.05, 0) is 6.08 Å². The van der Waals surface area contributed by atoms with Crippen molar-refractivity contribution in [1.82, 2.24) is 0 Å². The highest BCUT2D eigenvalue weighted by atomic mass is 16.6. The van der Waals surface area contributed by atoms with Crippen LogP contribution in [0.3, 0.4) is 0 Å². The van der Waals surface area contributed by atoms with Crippen molar-refractivity contribution in [2.24, 2.45) is 0 Å². The molecule has 0 spiro atoms. The van der Waals surface area contributed by atoms with Gasteiger partial charge in [-0.15, -0.1) is 0 Å². The quantitative estimate of drug-likeness (QED) is 0.458. The topological polar surface area (TPSA) is 111 Å².